The molecule has 2 N–H and O–H groups in total. The summed E-state index contributed by atoms with van der Waals surface area (Å²) in [6.07, 6.45) is 0. The average Bonchev–Trinajstić information content (AvgIpc) is 2.52. The highest BCUT2D eigenvalue weighted by Crippen LogP contribution is 2.26. The minimum absolute atomic E-state index is 0.0180. The van der Waals surface area contributed by atoms with Gasteiger partial charge >= 0.3 is 5.97 Å². The van der Waals surface area contributed by atoms with Gasteiger partial charge in [0.2, 0.25) is 0 Å². The Kier molecular flexibility index (Phi) is 5.70. The number of ether oxygens (including phenoxy) is 1. The van der Waals surface area contributed by atoms with E-state index < -0.39 is 36.7 Å². The Morgan fingerprint density at radius 2 is 1.75 bits per heavy atom. The minimum Gasteiger partial charge on any atom is -0.481 e. The van der Waals surface area contributed by atoms with Gasteiger partial charge in [-0.15, -0.1) is 0 Å². The van der Waals surface area contributed by atoms with E-state index in [1.807, 2.05) is 0 Å². The Morgan fingerprint density at radius 1 is 1.12 bits per heavy atom. The number of rotatable bonds is 6. The molecule has 0 aliphatic heterocycles. The number of hydrogen-bond donors (Lipinski definition) is 2. The number of halogens is 3. The van der Waals surface area contributed by atoms with Gasteiger partial charge in [-0.1, -0.05) is 23.7 Å². The normalized spacial score (nSPS) is 10.3. The lowest BCUT2D eigenvalue weighted by molar-refractivity contribution is -0.139. The van der Waals surface area contributed by atoms with Crippen LogP contribution in [0.3, 0.4) is 0 Å². The topological polar surface area (TPSA) is 75.6 Å². The molecule has 0 bridgehead atoms. The van der Waals surface area contributed by atoms with Gasteiger partial charge < -0.3 is 15.2 Å². The first-order valence-corrected chi connectivity index (χ1v) is 7.12. The highest BCUT2D eigenvalue weighted by molar-refractivity contribution is 6.34. The first-order chi connectivity index (χ1) is 11.4. The molecule has 1 amide bonds. The minimum atomic E-state index is -1.23. The van der Waals surface area contributed by atoms with Crippen LogP contribution in [0.15, 0.2) is 36.4 Å². The zero-order valence-electron chi connectivity index (χ0n) is 12.2. The van der Waals surface area contributed by atoms with Gasteiger partial charge in [0.1, 0.15) is 17.4 Å². The summed E-state index contributed by atoms with van der Waals surface area (Å²) in [5.41, 5.74) is -0.414. The summed E-state index contributed by atoms with van der Waals surface area (Å²) < 4.78 is 32.1. The molecule has 0 saturated heterocycles. The van der Waals surface area contributed by atoms with Crippen molar-refractivity contribution in [3.05, 3.63) is 64.2 Å². The molecule has 0 heterocycles. The highest BCUT2D eigenvalue weighted by Gasteiger charge is 2.18. The van der Waals surface area contributed by atoms with Crippen molar-refractivity contribution in [1.29, 1.82) is 0 Å². The second kappa shape index (κ2) is 7.74. The van der Waals surface area contributed by atoms with Crippen LogP contribution in [0.1, 0.15) is 15.9 Å². The molecule has 24 heavy (non-hydrogen) atoms. The molecule has 0 fully saturated rings. The number of carboxylic acid groups (broad SMARTS) is 1. The van der Waals surface area contributed by atoms with Crippen LogP contribution >= 0.6 is 11.6 Å². The second-order valence-corrected chi connectivity index (χ2v) is 5.09. The predicted molar refractivity (Wildman–Crippen MR) is 82.1 cm³/mol. The van der Waals surface area contributed by atoms with Gasteiger partial charge in [0.15, 0.2) is 6.61 Å². The average molecular weight is 356 g/mol. The van der Waals surface area contributed by atoms with E-state index in [-0.39, 0.29) is 21.9 Å². The van der Waals surface area contributed by atoms with Gasteiger partial charge in [-0.25, -0.2) is 13.6 Å². The summed E-state index contributed by atoms with van der Waals surface area (Å²) in [5, 5.41) is 11.0. The van der Waals surface area contributed by atoms with Crippen molar-refractivity contribution in [1.82, 2.24) is 5.32 Å². The van der Waals surface area contributed by atoms with E-state index in [1.165, 1.54) is 24.3 Å². The Morgan fingerprint density at radius 3 is 2.38 bits per heavy atom. The quantitative estimate of drug-likeness (QED) is 0.835. The molecule has 0 aromatic heterocycles. The predicted octanol–water partition coefficient (Wildman–Crippen LogP) is 3.01. The van der Waals surface area contributed by atoms with Gasteiger partial charge in [-0.2, -0.15) is 0 Å². The van der Waals surface area contributed by atoms with Crippen LogP contribution in [0.4, 0.5) is 8.78 Å². The molecule has 0 aliphatic rings. The zero-order chi connectivity index (χ0) is 17.7. The second-order valence-electron chi connectivity index (χ2n) is 4.68. The van der Waals surface area contributed by atoms with Crippen LogP contribution in [0.5, 0.6) is 5.75 Å². The van der Waals surface area contributed by atoms with Gasteiger partial charge in [0.25, 0.3) is 5.91 Å². The zero-order valence-corrected chi connectivity index (χ0v) is 12.9. The SMILES string of the molecule is O=C(O)COc1cccc(Cl)c1C(=O)NCc1c(F)cccc1F. The molecular formula is C16H12ClF2NO4. The van der Waals surface area contributed by atoms with Crippen LogP contribution < -0.4 is 10.1 Å². The van der Waals surface area contributed by atoms with Crippen LogP contribution in [0.2, 0.25) is 5.02 Å². The molecule has 2 aromatic carbocycles. The third kappa shape index (κ3) is 4.20. The molecule has 5 nitrogen and oxygen atoms in total. The number of benzene rings is 2. The Bertz CT molecular complexity index is 762. The molecule has 0 radical (unpaired) electrons. The smallest absolute Gasteiger partial charge is 0.341 e. The van der Waals surface area contributed by atoms with Crippen molar-refractivity contribution >= 4 is 23.5 Å². The maximum absolute atomic E-state index is 13.6. The van der Waals surface area contributed by atoms with E-state index in [1.54, 1.807) is 0 Å². The van der Waals surface area contributed by atoms with Crippen LogP contribution in [-0.4, -0.2) is 23.6 Å². The number of aliphatic carboxylic acids is 1. The van der Waals surface area contributed by atoms with Crippen molar-refractivity contribution in [2.45, 2.75) is 6.54 Å². The van der Waals surface area contributed by atoms with Gasteiger partial charge in [-0.3, -0.25) is 4.79 Å². The highest BCUT2D eigenvalue weighted by atomic mass is 35.5. The van der Waals surface area contributed by atoms with Gasteiger partial charge in [-0.05, 0) is 24.3 Å². The van der Waals surface area contributed by atoms with Gasteiger partial charge in [0.05, 0.1) is 10.6 Å². The molecule has 0 unspecified atom stereocenters. The number of hydrogen-bond acceptors (Lipinski definition) is 3. The summed E-state index contributed by atoms with van der Waals surface area (Å²) in [6.45, 7) is -1.07. The standard InChI is InChI=1S/C16H12ClF2NO4/c17-10-3-1-6-13(24-8-14(21)22)15(10)16(23)20-7-9-11(18)4-2-5-12(9)19/h1-6H,7-8H2,(H,20,23)(H,21,22). The third-order valence-corrected chi connectivity index (χ3v) is 3.36. The lowest BCUT2D eigenvalue weighted by atomic mass is 10.1. The van der Waals surface area contributed by atoms with Crippen molar-refractivity contribution in [3.8, 4) is 5.75 Å². The van der Waals surface area contributed by atoms with Gasteiger partial charge in [0, 0.05) is 12.1 Å². The molecule has 2 aromatic rings. The molecule has 8 heteroatoms. The number of amides is 1. The third-order valence-electron chi connectivity index (χ3n) is 3.04. The number of carboxylic acids is 1. The Balaban J connectivity index is 2.19. The number of carbonyl (C=O) groups is 2. The van der Waals surface area contributed by atoms with E-state index in [2.05, 4.69) is 5.32 Å². The Hall–Kier alpha value is -2.67. The maximum atomic E-state index is 13.6. The lowest BCUT2D eigenvalue weighted by Gasteiger charge is -2.12. The largest absolute Gasteiger partial charge is 0.481 e. The van der Waals surface area contributed by atoms with Crippen LogP contribution in [0.25, 0.3) is 0 Å². The van der Waals surface area contributed by atoms with E-state index in [4.69, 9.17) is 21.4 Å². The van der Waals surface area contributed by atoms with E-state index in [0.29, 0.717) is 0 Å². The fourth-order valence-corrected chi connectivity index (χ4v) is 2.19. The summed E-state index contributed by atoms with van der Waals surface area (Å²) in [6, 6.07) is 7.61. The lowest BCUT2D eigenvalue weighted by Crippen LogP contribution is -2.25. The number of carbonyl (C=O) groups excluding carboxylic acids is 1. The summed E-state index contributed by atoms with van der Waals surface area (Å²) in [5.74, 6) is -3.61. The summed E-state index contributed by atoms with van der Waals surface area (Å²) >= 11 is 5.95. The van der Waals surface area contributed by atoms with E-state index >= 15 is 0 Å². The molecule has 0 saturated carbocycles. The Labute approximate surface area is 140 Å². The molecule has 0 aliphatic carbocycles. The van der Waals surface area contributed by atoms with Crippen LogP contribution in [-0.2, 0) is 11.3 Å². The van der Waals surface area contributed by atoms with Crippen molar-refractivity contribution < 1.29 is 28.2 Å². The van der Waals surface area contributed by atoms with Crippen molar-refractivity contribution in [2.24, 2.45) is 0 Å². The maximum Gasteiger partial charge on any atom is 0.341 e. The number of nitrogens with one attached hydrogen (secondary N) is 1. The van der Waals surface area contributed by atoms with Crippen molar-refractivity contribution in [2.75, 3.05) is 6.61 Å². The molecule has 0 spiro atoms. The molecule has 126 valence electrons. The van der Waals surface area contributed by atoms with Crippen molar-refractivity contribution in [3.63, 3.8) is 0 Å². The molecular weight excluding hydrogens is 344 g/mol. The first-order valence-electron chi connectivity index (χ1n) is 6.74. The fraction of sp³-hybridized carbons (Fsp3) is 0.125. The van der Waals surface area contributed by atoms with E-state index in [9.17, 15) is 18.4 Å². The summed E-state index contributed by atoms with van der Waals surface area (Å²) in [4.78, 5) is 22.8. The first kappa shape index (κ1) is 17.7. The monoisotopic (exact) mass is 355 g/mol. The van der Waals surface area contributed by atoms with Crippen LogP contribution in [0, 0.1) is 11.6 Å². The summed E-state index contributed by atoms with van der Waals surface area (Å²) in [7, 11) is 0. The molecule has 0 atom stereocenters. The fourth-order valence-electron chi connectivity index (χ4n) is 1.94. The van der Waals surface area contributed by atoms with E-state index in [0.717, 1.165) is 12.1 Å². The molecule has 2 rings (SSSR count).